The summed E-state index contributed by atoms with van der Waals surface area (Å²) >= 11 is 0. The Morgan fingerprint density at radius 3 is 2.75 bits per heavy atom. The van der Waals surface area contributed by atoms with Crippen molar-refractivity contribution in [2.45, 2.75) is 39.2 Å². The molecule has 1 aliphatic rings. The van der Waals surface area contributed by atoms with E-state index in [1.54, 1.807) is 0 Å². The maximum absolute atomic E-state index is 5.68. The van der Waals surface area contributed by atoms with E-state index in [4.69, 9.17) is 5.73 Å². The van der Waals surface area contributed by atoms with Crippen LogP contribution in [0.2, 0.25) is 0 Å². The Morgan fingerprint density at radius 2 is 2.12 bits per heavy atom. The van der Waals surface area contributed by atoms with Gasteiger partial charge < -0.3 is 10.6 Å². The summed E-state index contributed by atoms with van der Waals surface area (Å²) in [6.07, 6.45) is 3.82. The monoisotopic (exact) mass is 227 g/mol. The van der Waals surface area contributed by atoms with Crippen LogP contribution in [-0.4, -0.2) is 55.6 Å². The van der Waals surface area contributed by atoms with Crippen molar-refractivity contribution < 1.29 is 0 Å². The average molecular weight is 227 g/mol. The molecule has 1 aliphatic heterocycles. The number of hydrogen-bond acceptors (Lipinski definition) is 3. The van der Waals surface area contributed by atoms with Gasteiger partial charge >= 0.3 is 0 Å². The Balaban J connectivity index is 2.41. The van der Waals surface area contributed by atoms with Crippen LogP contribution in [0.1, 0.15) is 33.1 Å². The molecule has 0 bridgehead atoms. The van der Waals surface area contributed by atoms with Crippen LogP contribution in [0.4, 0.5) is 0 Å². The maximum Gasteiger partial charge on any atom is 0.0220 e. The Labute approximate surface area is 101 Å². The highest BCUT2D eigenvalue weighted by molar-refractivity contribution is 4.78. The van der Waals surface area contributed by atoms with E-state index in [0.29, 0.717) is 5.92 Å². The van der Waals surface area contributed by atoms with Crippen LogP contribution in [0, 0.1) is 5.92 Å². The second kappa shape index (κ2) is 7.25. The maximum atomic E-state index is 5.68. The zero-order valence-electron chi connectivity index (χ0n) is 11.3. The van der Waals surface area contributed by atoms with Crippen LogP contribution < -0.4 is 5.73 Å². The third-order valence-electron chi connectivity index (χ3n) is 3.81. The molecule has 2 N–H and O–H groups in total. The molecule has 0 aliphatic carbocycles. The van der Waals surface area contributed by atoms with Crippen molar-refractivity contribution >= 4 is 0 Å². The van der Waals surface area contributed by atoms with Crippen LogP contribution >= 0.6 is 0 Å². The fourth-order valence-electron chi connectivity index (χ4n) is 2.48. The summed E-state index contributed by atoms with van der Waals surface area (Å²) in [5, 5.41) is 0. The van der Waals surface area contributed by atoms with Gasteiger partial charge in [0.15, 0.2) is 0 Å². The Bertz CT molecular complexity index is 184. The van der Waals surface area contributed by atoms with Crippen molar-refractivity contribution in [1.82, 2.24) is 9.80 Å². The molecule has 16 heavy (non-hydrogen) atoms. The molecule has 0 radical (unpaired) electrons. The molecule has 2 atom stereocenters. The average Bonchev–Trinajstić information content (AvgIpc) is 2.47. The molecular formula is C13H29N3. The highest BCUT2D eigenvalue weighted by atomic mass is 15.2. The fraction of sp³-hybridized carbons (Fsp3) is 1.00. The molecule has 0 aromatic carbocycles. The van der Waals surface area contributed by atoms with E-state index in [1.165, 1.54) is 45.4 Å². The second-order valence-electron chi connectivity index (χ2n) is 5.34. The molecule has 1 fully saturated rings. The fourth-order valence-corrected chi connectivity index (χ4v) is 2.48. The van der Waals surface area contributed by atoms with Gasteiger partial charge in [-0.3, -0.25) is 4.90 Å². The normalized spacial score (nSPS) is 26.6. The van der Waals surface area contributed by atoms with Crippen LogP contribution in [0.5, 0.6) is 0 Å². The number of nitrogens with two attached hydrogens (primary N) is 1. The third-order valence-corrected chi connectivity index (χ3v) is 3.81. The highest BCUT2D eigenvalue weighted by Gasteiger charge is 2.21. The van der Waals surface area contributed by atoms with E-state index >= 15 is 0 Å². The molecule has 3 heteroatoms. The highest BCUT2D eigenvalue weighted by Crippen LogP contribution is 2.13. The largest absolute Gasteiger partial charge is 0.330 e. The topological polar surface area (TPSA) is 32.5 Å². The minimum absolute atomic E-state index is 0.665. The van der Waals surface area contributed by atoms with Crippen molar-refractivity contribution in [2.75, 3.05) is 39.8 Å². The van der Waals surface area contributed by atoms with E-state index in [-0.39, 0.29) is 0 Å². The molecule has 2 unspecified atom stereocenters. The van der Waals surface area contributed by atoms with Gasteiger partial charge in [-0.1, -0.05) is 13.8 Å². The number of hydrogen-bond donors (Lipinski definition) is 1. The van der Waals surface area contributed by atoms with Gasteiger partial charge in [0.25, 0.3) is 0 Å². The van der Waals surface area contributed by atoms with Gasteiger partial charge in [-0.15, -0.1) is 0 Å². The van der Waals surface area contributed by atoms with E-state index in [1.807, 2.05) is 0 Å². The lowest BCUT2D eigenvalue weighted by Gasteiger charge is -2.30. The van der Waals surface area contributed by atoms with Crippen LogP contribution in [0.3, 0.4) is 0 Å². The summed E-state index contributed by atoms with van der Waals surface area (Å²) in [7, 11) is 2.24. The summed E-state index contributed by atoms with van der Waals surface area (Å²) in [6.45, 7) is 10.4. The Morgan fingerprint density at radius 1 is 1.38 bits per heavy atom. The van der Waals surface area contributed by atoms with Crippen molar-refractivity contribution in [3.05, 3.63) is 0 Å². The summed E-state index contributed by atoms with van der Waals surface area (Å²) in [6, 6.07) is 0.748. The molecule has 0 saturated carbocycles. The lowest BCUT2D eigenvalue weighted by molar-refractivity contribution is 0.174. The summed E-state index contributed by atoms with van der Waals surface area (Å²) in [5.41, 5.74) is 5.68. The minimum atomic E-state index is 0.665. The number of rotatable bonds is 5. The van der Waals surface area contributed by atoms with E-state index in [0.717, 1.165) is 12.6 Å². The van der Waals surface area contributed by atoms with E-state index < -0.39 is 0 Å². The van der Waals surface area contributed by atoms with E-state index in [9.17, 15) is 0 Å². The van der Waals surface area contributed by atoms with Gasteiger partial charge in [-0.2, -0.15) is 0 Å². The van der Waals surface area contributed by atoms with Crippen molar-refractivity contribution in [3.63, 3.8) is 0 Å². The first-order valence-corrected chi connectivity index (χ1v) is 6.80. The van der Waals surface area contributed by atoms with Gasteiger partial charge in [-0.25, -0.2) is 0 Å². The van der Waals surface area contributed by atoms with Gasteiger partial charge in [0, 0.05) is 12.6 Å². The number of likely N-dealkylation sites (N-methyl/N-ethyl adjacent to an activating group) is 1. The lowest BCUT2D eigenvalue weighted by Crippen LogP contribution is -2.40. The first-order valence-electron chi connectivity index (χ1n) is 6.80. The first-order chi connectivity index (χ1) is 7.67. The van der Waals surface area contributed by atoms with E-state index in [2.05, 4.69) is 30.7 Å². The zero-order chi connectivity index (χ0) is 12.0. The van der Waals surface area contributed by atoms with Crippen molar-refractivity contribution in [2.24, 2.45) is 11.7 Å². The van der Waals surface area contributed by atoms with Crippen molar-refractivity contribution in [1.29, 1.82) is 0 Å². The molecule has 0 spiro atoms. The molecule has 1 saturated heterocycles. The van der Waals surface area contributed by atoms with Crippen LogP contribution in [0.15, 0.2) is 0 Å². The number of nitrogens with zero attached hydrogens (tertiary/aromatic N) is 2. The molecule has 1 heterocycles. The van der Waals surface area contributed by atoms with Crippen molar-refractivity contribution in [3.8, 4) is 0 Å². The summed E-state index contributed by atoms with van der Waals surface area (Å²) in [4.78, 5) is 5.15. The Hall–Kier alpha value is -0.120. The molecule has 1 rings (SSSR count). The Kier molecular flexibility index (Phi) is 6.32. The molecule has 0 amide bonds. The van der Waals surface area contributed by atoms with Gasteiger partial charge in [0.05, 0.1) is 0 Å². The SMILES string of the molecule is CCC1CN(C)CCCN1CCC(C)CN. The molecular weight excluding hydrogens is 198 g/mol. The molecule has 96 valence electrons. The first kappa shape index (κ1) is 13.9. The predicted octanol–water partition coefficient (Wildman–Crippen LogP) is 1.39. The molecule has 0 aromatic rings. The van der Waals surface area contributed by atoms with Crippen LogP contribution in [-0.2, 0) is 0 Å². The van der Waals surface area contributed by atoms with Crippen LogP contribution in [0.25, 0.3) is 0 Å². The van der Waals surface area contributed by atoms with Gasteiger partial charge in [0.2, 0.25) is 0 Å². The summed E-state index contributed by atoms with van der Waals surface area (Å²) in [5.74, 6) is 0.665. The summed E-state index contributed by atoms with van der Waals surface area (Å²) < 4.78 is 0. The standard InChI is InChI=1S/C13H29N3/c1-4-13-11-15(3)7-5-8-16(13)9-6-12(2)10-14/h12-13H,4-11,14H2,1-3H3. The molecule has 0 aromatic heterocycles. The lowest BCUT2D eigenvalue weighted by atomic mass is 10.1. The molecule has 3 nitrogen and oxygen atoms in total. The third kappa shape index (κ3) is 4.40. The minimum Gasteiger partial charge on any atom is -0.330 e. The second-order valence-corrected chi connectivity index (χ2v) is 5.34. The smallest absolute Gasteiger partial charge is 0.0220 e. The van der Waals surface area contributed by atoms with Gasteiger partial charge in [-0.05, 0) is 58.4 Å². The zero-order valence-corrected chi connectivity index (χ0v) is 11.3. The van der Waals surface area contributed by atoms with Gasteiger partial charge in [0.1, 0.15) is 0 Å². The quantitative estimate of drug-likeness (QED) is 0.770. The predicted molar refractivity (Wildman–Crippen MR) is 70.6 cm³/mol.